The van der Waals surface area contributed by atoms with Gasteiger partial charge in [0, 0.05) is 5.56 Å². The van der Waals surface area contributed by atoms with Gasteiger partial charge in [-0.2, -0.15) is 0 Å². The van der Waals surface area contributed by atoms with Crippen molar-refractivity contribution in [3.05, 3.63) is 53.6 Å². The number of esters is 1. The molecule has 25 heavy (non-hydrogen) atoms. The third-order valence-corrected chi connectivity index (χ3v) is 3.46. The molecule has 2 aromatic rings. The fraction of sp³-hybridized carbons (Fsp3) is 0.300. The Kier molecular flexibility index (Phi) is 7.01. The summed E-state index contributed by atoms with van der Waals surface area (Å²) in [5.74, 6) is 0.857. The molecule has 0 saturated heterocycles. The highest BCUT2D eigenvalue weighted by Gasteiger charge is 2.13. The summed E-state index contributed by atoms with van der Waals surface area (Å²) < 4.78 is 16.4. The molecule has 0 aromatic heterocycles. The predicted molar refractivity (Wildman–Crippen MR) is 94.8 cm³/mol. The fourth-order valence-corrected chi connectivity index (χ4v) is 2.13. The Morgan fingerprint density at radius 2 is 1.76 bits per heavy atom. The van der Waals surface area contributed by atoms with E-state index in [1.54, 1.807) is 42.5 Å². The van der Waals surface area contributed by atoms with Crippen LogP contribution in [-0.4, -0.2) is 25.5 Å². The highest BCUT2D eigenvalue weighted by Crippen LogP contribution is 2.29. The van der Waals surface area contributed by atoms with Gasteiger partial charge < -0.3 is 14.2 Å². The Morgan fingerprint density at radius 3 is 2.40 bits per heavy atom. The average molecular weight is 342 g/mol. The molecule has 0 N–H and O–H groups in total. The number of benzene rings is 2. The number of unbranched alkanes of at least 4 members (excludes halogenated alkanes) is 1. The van der Waals surface area contributed by atoms with Gasteiger partial charge in [-0.3, -0.25) is 4.79 Å². The van der Waals surface area contributed by atoms with Gasteiger partial charge in [0.2, 0.25) is 0 Å². The summed E-state index contributed by atoms with van der Waals surface area (Å²) in [7, 11) is 0. The van der Waals surface area contributed by atoms with Gasteiger partial charge in [0.05, 0.1) is 18.8 Å². The van der Waals surface area contributed by atoms with E-state index in [1.165, 1.54) is 0 Å². The van der Waals surface area contributed by atoms with Gasteiger partial charge in [0.1, 0.15) is 12.0 Å². The molecule has 0 spiro atoms. The second kappa shape index (κ2) is 9.47. The van der Waals surface area contributed by atoms with Crippen molar-refractivity contribution in [2.24, 2.45) is 0 Å². The predicted octanol–water partition coefficient (Wildman–Crippen LogP) is 4.30. The van der Waals surface area contributed by atoms with E-state index in [0.29, 0.717) is 36.4 Å². The van der Waals surface area contributed by atoms with Gasteiger partial charge >= 0.3 is 5.97 Å². The summed E-state index contributed by atoms with van der Waals surface area (Å²) in [4.78, 5) is 23.2. The first-order valence-electron chi connectivity index (χ1n) is 8.35. The highest BCUT2D eigenvalue weighted by atomic mass is 16.6. The van der Waals surface area contributed by atoms with Crippen molar-refractivity contribution in [2.45, 2.75) is 26.7 Å². The minimum Gasteiger partial charge on any atom is -0.494 e. The number of ether oxygens (including phenoxy) is 3. The maximum Gasteiger partial charge on any atom is 0.343 e. The molecule has 0 fully saturated rings. The van der Waals surface area contributed by atoms with E-state index in [2.05, 4.69) is 6.92 Å². The molecular weight excluding hydrogens is 320 g/mol. The van der Waals surface area contributed by atoms with E-state index in [-0.39, 0.29) is 5.75 Å². The molecule has 0 radical (unpaired) electrons. The second-order valence-corrected chi connectivity index (χ2v) is 5.37. The van der Waals surface area contributed by atoms with E-state index in [1.807, 2.05) is 6.92 Å². The average Bonchev–Trinajstić information content (AvgIpc) is 2.64. The van der Waals surface area contributed by atoms with Crippen LogP contribution >= 0.6 is 0 Å². The molecule has 2 rings (SSSR count). The molecule has 0 amide bonds. The molecule has 2 aromatic carbocycles. The van der Waals surface area contributed by atoms with Crippen molar-refractivity contribution in [1.29, 1.82) is 0 Å². The van der Waals surface area contributed by atoms with Crippen LogP contribution in [0.2, 0.25) is 0 Å². The molecule has 5 heteroatoms. The number of aldehydes is 1. The number of carbonyl (C=O) groups is 2. The molecule has 0 saturated carbocycles. The van der Waals surface area contributed by atoms with E-state index in [4.69, 9.17) is 14.2 Å². The molecule has 0 aliphatic heterocycles. The van der Waals surface area contributed by atoms with Gasteiger partial charge in [-0.15, -0.1) is 0 Å². The molecule has 5 nitrogen and oxygen atoms in total. The minimum atomic E-state index is -0.500. The van der Waals surface area contributed by atoms with Gasteiger partial charge in [0.25, 0.3) is 0 Å². The van der Waals surface area contributed by atoms with Crippen LogP contribution in [0.1, 0.15) is 47.4 Å². The smallest absolute Gasteiger partial charge is 0.343 e. The lowest BCUT2D eigenvalue weighted by Crippen LogP contribution is -2.10. The molecule has 132 valence electrons. The summed E-state index contributed by atoms with van der Waals surface area (Å²) in [6.07, 6.45) is 2.77. The zero-order valence-electron chi connectivity index (χ0n) is 14.5. The van der Waals surface area contributed by atoms with Crippen LogP contribution in [0.25, 0.3) is 0 Å². The third kappa shape index (κ3) is 5.35. The largest absolute Gasteiger partial charge is 0.494 e. The van der Waals surface area contributed by atoms with Crippen molar-refractivity contribution in [2.75, 3.05) is 13.2 Å². The Bertz CT molecular complexity index is 707. The van der Waals surface area contributed by atoms with Crippen LogP contribution < -0.4 is 14.2 Å². The van der Waals surface area contributed by atoms with Gasteiger partial charge in [-0.25, -0.2) is 4.79 Å². The van der Waals surface area contributed by atoms with Crippen molar-refractivity contribution in [3.63, 3.8) is 0 Å². The Hall–Kier alpha value is -2.82. The zero-order valence-corrected chi connectivity index (χ0v) is 14.5. The minimum absolute atomic E-state index is 0.278. The van der Waals surface area contributed by atoms with Crippen molar-refractivity contribution in [3.8, 4) is 17.2 Å². The number of rotatable bonds is 9. The molecule has 0 atom stereocenters. The first-order valence-corrected chi connectivity index (χ1v) is 8.35. The number of carbonyl (C=O) groups excluding carboxylic acids is 2. The summed E-state index contributed by atoms with van der Waals surface area (Å²) in [5.41, 5.74) is 0.863. The standard InChI is InChI=1S/C20H22O5/c1-3-5-12-24-17-9-7-16(8-10-17)20(22)25-18-11-6-15(14-21)13-19(18)23-4-2/h6-11,13-14H,3-5,12H2,1-2H3. The van der Waals surface area contributed by atoms with Gasteiger partial charge in [-0.1, -0.05) is 13.3 Å². The first-order chi connectivity index (χ1) is 12.2. The van der Waals surface area contributed by atoms with Crippen LogP contribution in [-0.2, 0) is 0 Å². The van der Waals surface area contributed by atoms with E-state index in [0.717, 1.165) is 18.6 Å². The second-order valence-electron chi connectivity index (χ2n) is 5.37. The van der Waals surface area contributed by atoms with Crippen molar-refractivity contribution in [1.82, 2.24) is 0 Å². The lowest BCUT2D eigenvalue weighted by molar-refractivity contribution is 0.0728. The van der Waals surface area contributed by atoms with Crippen LogP contribution in [0.4, 0.5) is 0 Å². The maximum absolute atomic E-state index is 12.3. The Morgan fingerprint density at radius 1 is 1.00 bits per heavy atom. The number of hydrogen-bond acceptors (Lipinski definition) is 5. The third-order valence-electron chi connectivity index (χ3n) is 3.46. The number of hydrogen-bond donors (Lipinski definition) is 0. The Balaban J connectivity index is 2.07. The van der Waals surface area contributed by atoms with Crippen LogP contribution in [0.15, 0.2) is 42.5 Å². The molecule has 0 aliphatic rings. The summed E-state index contributed by atoms with van der Waals surface area (Å²) >= 11 is 0. The lowest BCUT2D eigenvalue weighted by Gasteiger charge is -2.11. The van der Waals surface area contributed by atoms with E-state index >= 15 is 0 Å². The quantitative estimate of drug-likeness (QED) is 0.294. The monoisotopic (exact) mass is 342 g/mol. The Labute approximate surface area is 147 Å². The van der Waals surface area contributed by atoms with Crippen LogP contribution in [0.3, 0.4) is 0 Å². The molecule has 0 unspecified atom stereocenters. The zero-order chi connectivity index (χ0) is 18.1. The van der Waals surface area contributed by atoms with Gasteiger partial charge in [0.15, 0.2) is 11.5 Å². The molecule has 0 heterocycles. The van der Waals surface area contributed by atoms with Crippen molar-refractivity contribution < 1.29 is 23.8 Å². The first kappa shape index (κ1) is 18.5. The van der Waals surface area contributed by atoms with Crippen LogP contribution in [0, 0.1) is 0 Å². The normalized spacial score (nSPS) is 10.2. The summed E-state index contributed by atoms with van der Waals surface area (Å²) in [6.45, 7) is 4.97. The maximum atomic E-state index is 12.3. The topological polar surface area (TPSA) is 61.8 Å². The summed E-state index contributed by atoms with van der Waals surface area (Å²) in [5, 5.41) is 0. The van der Waals surface area contributed by atoms with Crippen LogP contribution in [0.5, 0.6) is 17.2 Å². The molecular formula is C20H22O5. The molecule has 0 bridgehead atoms. The summed E-state index contributed by atoms with van der Waals surface area (Å²) in [6, 6.07) is 11.5. The van der Waals surface area contributed by atoms with Crippen molar-refractivity contribution >= 4 is 12.3 Å². The van der Waals surface area contributed by atoms with E-state index < -0.39 is 5.97 Å². The van der Waals surface area contributed by atoms with E-state index in [9.17, 15) is 9.59 Å². The molecule has 0 aliphatic carbocycles. The lowest BCUT2D eigenvalue weighted by atomic mass is 10.2. The SMILES string of the molecule is CCCCOc1ccc(C(=O)Oc2ccc(C=O)cc2OCC)cc1. The fourth-order valence-electron chi connectivity index (χ4n) is 2.13. The van der Waals surface area contributed by atoms with Gasteiger partial charge in [-0.05, 0) is 55.8 Å². The highest BCUT2D eigenvalue weighted by molar-refractivity contribution is 5.91.